The van der Waals surface area contributed by atoms with Gasteiger partial charge in [0.15, 0.2) is 0 Å². The van der Waals surface area contributed by atoms with Gasteiger partial charge in [0.25, 0.3) is 0 Å². The van der Waals surface area contributed by atoms with E-state index in [1.165, 1.54) is 4.31 Å². The van der Waals surface area contributed by atoms with Crippen LogP contribution >= 0.6 is 0 Å². The summed E-state index contributed by atoms with van der Waals surface area (Å²) < 4.78 is 26.0. The van der Waals surface area contributed by atoms with Gasteiger partial charge >= 0.3 is 0 Å². The highest BCUT2D eigenvalue weighted by atomic mass is 32.2. The third kappa shape index (κ3) is 8.48. The fourth-order valence-corrected chi connectivity index (χ4v) is 4.63. The van der Waals surface area contributed by atoms with Crippen molar-refractivity contribution in [3.63, 3.8) is 0 Å². The Bertz CT molecular complexity index is 1080. The molecule has 0 bridgehead atoms. The molecule has 0 fully saturated rings. The normalized spacial score (nSPS) is 12.6. The van der Waals surface area contributed by atoms with Crippen LogP contribution in [0.25, 0.3) is 0 Å². The maximum Gasteiger partial charge on any atom is 0.242 e. The highest BCUT2D eigenvalue weighted by molar-refractivity contribution is 7.92. The smallest absolute Gasteiger partial charge is 0.242 e. The summed E-state index contributed by atoms with van der Waals surface area (Å²) >= 11 is 0. The molecule has 8 heteroatoms. The molecule has 2 rings (SSSR count). The number of hydrogen-bond acceptors (Lipinski definition) is 4. The molecule has 2 amide bonds. The topological polar surface area (TPSA) is 86.8 Å². The number of benzene rings is 2. The zero-order valence-corrected chi connectivity index (χ0v) is 21.9. The molecule has 0 aliphatic rings. The molecule has 0 aliphatic heterocycles. The van der Waals surface area contributed by atoms with E-state index in [1.807, 2.05) is 58.0 Å². The molecule has 7 nitrogen and oxygen atoms in total. The summed E-state index contributed by atoms with van der Waals surface area (Å²) in [5, 5.41) is 2.95. The molecule has 34 heavy (non-hydrogen) atoms. The van der Waals surface area contributed by atoms with Crippen LogP contribution in [-0.4, -0.2) is 49.5 Å². The van der Waals surface area contributed by atoms with E-state index in [-0.39, 0.29) is 24.8 Å². The van der Waals surface area contributed by atoms with E-state index in [2.05, 4.69) is 5.32 Å². The lowest BCUT2D eigenvalue weighted by Crippen LogP contribution is -2.52. The van der Waals surface area contributed by atoms with Gasteiger partial charge in [-0.3, -0.25) is 13.9 Å². The Morgan fingerprint density at radius 3 is 2.24 bits per heavy atom. The largest absolute Gasteiger partial charge is 0.350 e. The van der Waals surface area contributed by atoms with Crippen molar-refractivity contribution < 1.29 is 18.0 Å². The number of sulfonamides is 1. The van der Waals surface area contributed by atoms with Crippen molar-refractivity contribution in [3.8, 4) is 0 Å². The Morgan fingerprint density at radius 2 is 1.68 bits per heavy atom. The molecule has 186 valence electrons. The first-order valence-corrected chi connectivity index (χ1v) is 13.3. The third-order valence-corrected chi connectivity index (χ3v) is 6.49. The minimum Gasteiger partial charge on any atom is -0.350 e. The average molecular weight is 488 g/mol. The van der Waals surface area contributed by atoms with Gasteiger partial charge in [-0.15, -0.1) is 0 Å². The number of amides is 2. The summed E-state index contributed by atoms with van der Waals surface area (Å²) in [4.78, 5) is 27.7. The quantitative estimate of drug-likeness (QED) is 0.551. The Hall–Kier alpha value is -2.87. The van der Waals surface area contributed by atoms with E-state index < -0.39 is 21.6 Å². The van der Waals surface area contributed by atoms with E-state index in [4.69, 9.17) is 0 Å². The van der Waals surface area contributed by atoms with Gasteiger partial charge in [-0.25, -0.2) is 8.42 Å². The molecule has 0 saturated heterocycles. The second-order valence-electron chi connectivity index (χ2n) is 9.70. The molecule has 2 aromatic rings. The highest BCUT2D eigenvalue weighted by Gasteiger charge is 2.28. The van der Waals surface area contributed by atoms with Gasteiger partial charge < -0.3 is 10.2 Å². The van der Waals surface area contributed by atoms with Crippen LogP contribution in [0.4, 0.5) is 5.69 Å². The van der Waals surface area contributed by atoms with Crippen LogP contribution in [0.15, 0.2) is 54.6 Å². The van der Waals surface area contributed by atoms with Crippen molar-refractivity contribution in [1.29, 1.82) is 0 Å². The van der Waals surface area contributed by atoms with Gasteiger partial charge in [0.05, 0.1) is 11.9 Å². The molecule has 0 unspecified atom stereocenters. The molecule has 1 N–H and O–H groups in total. The molecular formula is C26H37N3O4S. The number of carbonyl (C=O) groups is 2. The van der Waals surface area contributed by atoms with E-state index in [0.29, 0.717) is 18.7 Å². The summed E-state index contributed by atoms with van der Waals surface area (Å²) in [5.74, 6) is -0.421. The van der Waals surface area contributed by atoms with Crippen molar-refractivity contribution in [3.05, 3.63) is 65.7 Å². The zero-order chi connectivity index (χ0) is 25.5. The third-order valence-electron chi connectivity index (χ3n) is 5.30. The van der Waals surface area contributed by atoms with Crippen LogP contribution in [0.3, 0.4) is 0 Å². The molecule has 2 aromatic carbocycles. The molecule has 0 radical (unpaired) electrons. The number of rotatable bonds is 10. The van der Waals surface area contributed by atoms with Crippen LogP contribution in [0, 0.1) is 6.92 Å². The van der Waals surface area contributed by atoms with Crippen molar-refractivity contribution in [1.82, 2.24) is 10.2 Å². The number of para-hydroxylation sites is 1. The second-order valence-corrected chi connectivity index (χ2v) is 11.6. The van der Waals surface area contributed by atoms with Crippen molar-refractivity contribution in [2.45, 2.75) is 65.6 Å². The Kier molecular flexibility index (Phi) is 9.27. The first kappa shape index (κ1) is 27.4. The van der Waals surface area contributed by atoms with E-state index in [1.54, 1.807) is 36.1 Å². The predicted molar refractivity (Wildman–Crippen MR) is 137 cm³/mol. The van der Waals surface area contributed by atoms with Crippen LogP contribution in [0.2, 0.25) is 0 Å². The average Bonchev–Trinajstić information content (AvgIpc) is 2.73. The van der Waals surface area contributed by atoms with Gasteiger partial charge in [0, 0.05) is 25.0 Å². The Balaban J connectivity index is 2.17. The first-order valence-electron chi connectivity index (χ1n) is 11.5. The number of aryl methyl sites for hydroxylation is 1. The fraction of sp³-hybridized carbons (Fsp3) is 0.462. The number of nitrogens with zero attached hydrogens (tertiary/aromatic N) is 2. The van der Waals surface area contributed by atoms with Gasteiger partial charge in [0.2, 0.25) is 21.8 Å². The first-order chi connectivity index (χ1) is 15.8. The number of carbonyl (C=O) groups excluding carboxylic acids is 2. The lowest BCUT2D eigenvalue weighted by atomic mass is 10.1. The van der Waals surface area contributed by atoms with E-state index >= 15 is 0 Å². The SMILES string of the molecule is Cc1cccc(CN(C(=O)CCCN(c2ccccc2)S(C)(=O)=O)[C@H](C)C(=O)NC(C)(C)C)c1. The monoisotopic (exact) mass is 487 g/mol. The highest BCUT2D eigenvalue weighted by Crippen LogP contribution is 2.19. The van der Waals surface area contributed by atoms with Gasteiger partial charge in [-0.2, -0.15) is 0 Å². The second kappa shape index (κ2) is 11.5. The molecule has 0 heterocycles. The summed E-state index contributed by atoms with van der Waals surface area (Å²) in [5.41, 5.74) is 2.15. The molecule has 0 spiro atoms. The standard InChI is InChI=1S/C26H37N3O4S/c1-20-12-10-13-22(18-20)19-28(21(2)25(31)27-26(3,4)5)24(30)16-11-17-29(34(6,32)33)23-14-8-7-9-15-23/h7-10,12-15,18,21H,11,16-17,19H2,1-6H3,(H,27,31)/t21-/m1/s1. The maximum atomic E-state index is 13.3. The predicted octanol–water partition coefficient (Wildman–Crippen LogP) is 3.87. The van der Waals surface area contributed by atoms with Crippen LogP contribution in [0.5, 0.6) is 0 Å². The number of hydrogen-bond donors (Lipinski definition) is 1. The lowest BCUT2D eigenvalue weighted by Gasteiger charge is -2.32. The van der Waals surface area contributed by atoms with E-state index in [0.717, 1.165) is 17.4 Å². The fourth-order valence-electron chi connectivity index (χ4n) is 3.66. The van der Waals surface area contributed by atoms with Crippen molar-refractivity contribution in [2.75, 3.05) is 17.1 Å². The molecule has 1 atom stereocenters. The van der Waals surface area contributed by atoms with E-state index in [9.17, 15) is 18.0 Å². The van der Waals surface area contributed by atoms with Crippen molar-refractivity contribution in [2.24, 2.45) is 0 Å². The molecule has 0 aliphatic carbocycles. The lowest BCUT2D eigenvalue weighted by molar-refractivity contribution is -0.141. The summed E-state index contributed by atoms with van der Waals surface area (Å²) in [7, 11) is -3.50. The summed E-state index contributed by atoms with van der Waals surface area (Å²) in [6.07, 6.45) is 1.61. The minimum absolute atomic E-state index is 0.123. The number of nitrogens with one attached hydrogen (secondary N) is 1. The van der Waals surface area contributed by atoms with Gasteiger partial charge in [-0.1, -0.05) is 48.0 Å². The van der Waals surface area contributed by atoms with Crippen LogP contribution < -0.4 is 9.62 Å². The van der Waals surface area contributed by atoms with Crippen LogP contribution in [-0.2, 0) is 26.2 Å². The molecule has 0 saturated carbocycles. The zero-order valence-electron chi connectivity index (χ0n) is 21.0. The molecular weight excluding hydrogens is 450 g/mol. The minimum atomic E-state index is -3.50. The summed E-state index contributed by atoms with van der Waals surface area (Å²) in [6.45, 7) is 9.87. The van der Waals surface area contributed by atoms with Gasteiger partial charge in [0.1, 0.15) is 6.04 Å². The number of anilines is 1. The maximum absolute atomic E-state index is 13.3. The molecule has 0 aromatic heterocycles. The van der Waals surface area contributed by atoms with Gasteiger partial charge in [-0.05, 0) is 58.7 Å². The Labute approximate surface area is 204 Å². The van der Waals surface area contributed by atoms with Crippen LogP contribution in [0.1, 0.15) is 51.7 Å². The Morgan fingerprint density at radius 1 is 1.03 bits per heavy atom. The summed E-state index contributed by atoms with van der Waals surface area (Å²) in [6, 6.07) is 16.0. The van der Waals surface area contributed by atoms with Crippen molar-refractivity contribution >= 4 is 27.5 Å².